The molecule has 0 saturated heterocycles. The van der Waals surface area contributed by atoms with Gasteiger partial charge < -0.3 is 16.8 Å². The predicted molar refractivity (Wildman–Crippen MR) is 51.0 cm³/mol. The molecule has 0 aliphatic heterocycles. The minimum Gasteiger partial charge on any atom is -0.352 e. The maximum absolute atomic E-state index is 10.6. The lowest BCUT2D eigenvalue weighted by molar-refractivity contribution is 0.245. The Hall–Kier alpha value is -1.55. The Bertz CT molecular complexity index is 273. The average Bonchev–Trinajstić information content (AvgIpc) is 2.15. The highest BCUT2D eigenvalue weighted by Gasteiger charge is 2.09. The van der Waals surface area contributed by atoms with Gasteiger partial charge in [-0.15, -0.1) is 0 Å². The second-order valence-electron chi connectivity index (χ2n) is 2.71. The van der Waals surface area contributed by atoms with E-state index in [2.05, 4.69) is 5.32 Å². The van der Waals surface area contributed by atoms with E-state index < -0.39 is 6.03 Å². The molecule has 0 radical (unpaired) electrons. The zero-order valence-corrected chi connectivity index (χ0v) is 7.23. The van der Waals surface area contributed by atoms with Crippen LogP contribution in [0.4, 0.5) is 4.79 Å². The molecule has 0 aliphatic carbocycles. The van der Waals surface area contributed by atoms with Gasteiger partial charge in [-0.1, -0.05) is 30.3 Å². The van der Waals surface area contributed by atoms with Crippen LogP contribution in [-0.2, 0) is 0 Å². The van der Waals surface area contributed by atoms with Crippen molar-refractivity contribution in [3.8, 4) is 0 Å². The van der Waals surface area contributed by atoms with Crippen molar-refractivity contribution < 1.29 is 4.79 Å². The first-order valence-corrected chi connectivity index (χ1v) is 4.05. The zero-order chi connectivity index (χ0) is 9.68. The summed E-state index contributed by atoms with van der Waals surface area (Å²) in [7, 11) is 0. The summed E-state index contributed by atoms with van der Waals surface area (Å²) in [5, 5.41) is 2.56. The Kier molecular flexibility index (Phi) is 3.28. The number of carbonyl (C=O) groups excluding carboxylic acids is 1. The molecule has 5 N–H and O–H groups in total. The lowest BCUT2D eigenvalue weighted by Gasteiger charge is -2.15. The molecule has 4 nitrogen and oxygen atoms in total. The van der Waals surface area contributed by atoms with Gasteiger partial charge in [0, 0.05) is 6.54 Å². The zero-order valence-electron chi connectivity index (χ0n) is 7.23. The first-order chi connectivity index (χ1) is 6.24. The van der Waals surface area contributed by atoms with Crippen LogP contribution in [0.15, 0.2) is 30.3 Å². The smallest absolute Gasteiger partial charge is 0.312 e. The van der Waals surface area contributed by atoms with Crippen LogP contribution in [-0.4, -0.2) is 12.6 Å². The molecule has 1 rings (SSSR count). The number of hydrogen-bond donors (Lipinski definition) is 3. The summed E-state index contributed by atoms with van der Waals surface area (Å²) in [6.45, 7) is 0.340. The second-order valence-corrected chi connectivity index (χ2v) is 2.71. The Morgan fingerprint density at radius 2 is 2.00 bits per heavy atom. The van der Waals surface area contributed by atoms with Crippen LogP contribution < -0.4 is 16.8 Å². The van der Waals surface area contributed by atoms with Gasteiger partial charge in [-0.05, 0) is 5.56 Å². The van der Waals surface area contributed by atoms with Crippen molar-refractivity contribution in [1.82, 2.24) is 5.32 Å². The van der Waals surface area contributed by atoms with E-state index in [-0.39, 0.29) is 6.04 Å². The van der Waals surface area contributed by atoms with Crippen LogP contribution in [0.1, 0.15) is 11.6 Å². The highest BCUT2D eigenvalue weighted by atomic mass is 16.2. The Morgan fingerprint density at radius 1 is 1.38 bits per heavy atom. The van der Waals surface area contributed by atoms with Crippen molar-refractivity contribution in [2.24, 2.45) is 11.5 Å². The monoisotopic (exact) mass is 179 g/mol. The number of benzene rings is 1. The third-order valence-electron chi connectivity index (χ3n) is 1.75. The van der Waals surface area contributed by atoms with Crippen LogP contribution in [0.5, 0.6) is 0 Å². The number of primary amides is 1. The molecule has 0 aromatic heterocycles. The molecule has 1 aromatic rings. The van der Waals surface area contributed by atoms with E-state index >= 15 is 0 Å². The lowest BCUT2D eigenvalue weighted by Crippen LogP contribution is -2.36. The van der Waals surface area contributed by atoms with Crippen LogP contribution in [0.25, 0.3) is 0 Å². The molecule has 13 heavy (non-hydrogen) atoms. The number of urea groups is 1. The molecule has 1 atom stereocenters. The average molecular weight is 179 g/mol. The fraction of sp³-hybridized carbons (Fsp3) is 0.222. The second kappa shape index (κ2) is 4.47. The fourth-order valence-electron chi connectivity index (χ4n) is 1.14. The molecule has 0 saturated carbocycles. The molecule has 0 aliphatic rings. The molecule has 4 heteroatoms. The van der Waals surface area contributed by atoms with Gasteiger partial charge in [0.05, 0.1) is 6.04 Å². The normalized spacial score (nSPS) is 12.1. The van der Waals surface area contributed by atoms with Crippen molar-refractivity contribution in [3.05, 3.63) is 35.9 Å². The maximum atomic E-state index is 10.6. The highest BCUT2D eigenvalue weighted by molar-refractivity contribution is 5.72. The van der Waals surface area contributed by atoms with Gasteiger partial charge in [0.1, 0.15) is 0 Å². The predicted octanol–water partition coefficient (Wildman–Crippen LogP) is 0.355. The number of amides is 2. The van der Waals surface area contributed by atoms with Crippen LogP contribution in [0, 0.1) is 0 Å². The van der Waals surface area contributed by atoms with Crippen LogP contribution in [0.2, 0.25) is 0 Å². The lowest BCUT2D eigenvalue weighted by atomic mass is 10.1. The van der Waals surface area contributed by atoms with Crippen LogP contribution in [0.3, 0.4) is 0 Å². The number of carbonyl (C=O) groups is 1. The number of rotatable bonds is 3. The standard InChI is InChI=1S/C9H13N3O/c10-6-8(12-9(11)13)7-4-2-1-3-5-7/h1-5,8H,6,10H2,(H3,11,12,13). The molecule has 1 unspecified atom stereocenters. The van der Waals surface area contributed by atoms with E-state index in [0.717, 1.165) is 5.56 Å². The molecular weight excluding hydrogens is 166 g/mol. The quantitative estimate of drug-likeness (QED) is 0.626. The van der Waals surface area contributed by atoms with Gasteiger partial charge >= 0.3 is 6.03 Å². The number of nitrogens with two attached hydrogens (primary N) is 2. The molecule has 0 heterocycles. The van der Waals surface area contributed by atoms with E-state index in [1.807, 2.05) is 30.3 Å². The molecule has 1 aromatic carbocycles. The van der Waals surface area contributed by atoms with Gasteiger partial charge in [0.25, 0.3) is 0 Å². The van der Waals surface area contributed by atoms with Crippen molar-refractivity contribution in [2.45, 2.75) is 6.04 Å². The summed E-state index contributed by atoms with van der Waals surface area (Å²) in [5.74, 6) is 0. The SMILES string of the molecule is NCC(NC(N)=O)c1ccccc1. The summed E-state index contributed by atoms with van der Waals surface area (Å²) < 4.78 is 0. The first kappa shape index (κ1) is 9.54. The fourth-order valence-corrected chi connectivity index (χ4v) is 1.14. The summed E-state index contributed by atoms with van der Waals surface area (Å²) in [6.07, 6.45) is 0. The van der Waals surface area contributed by atoms with E-state index in [4.69, 9.17) is 11.5 Å². The molecule has 70 valence electrons. The molecule has 0 fully saturated rings. The highest BCUT2D eigenvalue weighted by Crippen LogP contribution is 2.09. The number of hydrogen-bond acceptors (Lipinski definition) is 2. The van der Waals surface area contributed by atoms with E-state index in [1.165, 1.54) is 0 Å². The molecule has 0 bridgehead atoms. The van der Waals surface area contributed by atoms with Crippen molar-refractivity contribution in [2.75, 3.05) is 6.54 Å². The molecule has 2 amide bonds. The minimum absolute atomic E-state index is 0.196. The van der Waals surface area contributed by atoms with Crippen molar-refractivity contribution in [1.29, 1.82) is 0 Å². The Morgan fingerprint density at radius 3 is 2.46 bits per heavy atom. The number of nitrogens with one attached hydrogen (secondary N) is 1. The van der Waals surface area contributed by atoms with Gasteiger partial charge in [-0.25, -0.2) is 4.79 Å². The van der Waals surface area contributed by atoms with Crippen molar-refractivity contribution >= 4 is 6.03 Å². The minimum atomic E-state index is -0.556. The summed E-state index contributed by atoms with van der Waals surface area (Å²) >= 11 is 0. The molecule has 0 spiro atoms. The van der Waals surface area contributed by atoms with E-state index in [0.29, 0.717) is 6.54 Å². The summed E-state index contributed by atoms with van der Waals surface area (Å²) in [4.78, 5) is 10.6. The largest absolute Gasteiger partial charge is 0.352 e. The summed E-state index contributed by atoms with van der Waals surface area (Å²) in [6, 6.07) is 8.72. The van der Waals surface area contributed by atoms with Gasteiger partial charge in [0.15, 0.2) is 0 Å². The first-order valence-electron chi connectivity index (χ1n) is 4.05. The van der Waals surface area contributed by atoms with Gasteiger partial charge in [-0.3, -0.25) is 0 Å². The van der Waals surface area contributed by atoms with E-state index in [9.17, 15) is 4.79 Å². The third kappa shape index (κ3) is 2.76. The van der Waals surface area contributed by atoms with Gasteiger partial charge in [0.2, 0.25) is 0 Å². The third-order valence-corrected chi connectivity index (χ3v) is 1.75. The Balaban J connectivity index is 2.73. The molecular formula is C9H13N3O. The van der Waals surface area contributed by atoms with Gasteiger partial charge in [-0.2, -0.15) is 0 Å². The Labute approximate surface area is 76.9 Å². The summed E-state index contributed by atoms with van der Waals surface area (Å²) in [5.41, 5.74) is 11.4. The maximum Gasteiger partial charge on any atom is 0.312 e. The van der Waals surface area contributed by atoms with E-state index in [1.54, 1.807) is 0 Å². The van der Waals surface area contributed by atoms with Crippen molar-refractivity contribution in [3.63, 3.8) is 0 Å². The van der Waals surface area contributed by atoms with Crippen LogP contribution >= 0.6 is 0 Å². The topological polar surface area (TPSA) is 81.1 Å².